The van der Waals surface area contributed by atoms with Crippen molar-refractivity contribution in [2.24, 2.45) is 5.92 Å². The van der Waals surface area contributed by atoms with E-state index >= 15 is 0 Å². The van der Waals surface area contributed by atoms with Crippen LogP contribution in [-0.4, -0.2) is 35.2 Å². The molecule has 0 radical (unpaired) electrons. The molecule has 1 aliphatic carbocycles. The van der Waals surface area contributed by atoms with E-state index in [-0.39, 0.29) is 6.04 Å². The molecule has 1 N–H and O–H groups in total. The number of carboxylic acid groups (broad SMARTS) is 1. The van der Waals surface area contributed by atoms with Crippen molar-refractivity contribution in [2.75, 3.05) is 13.2 Å². The maximum Gasteiger partial charge on any atom is 0.320 e. The molecule has 1 aromatic carbocycles. The van der Waals surface area contributed by atoms with Crippen LogP contribution in [0.2, 0.25) is 0 Å². The Balaban J connectivity index is 1.55. The van der Waals surface area contributed by atoms with E-state index in [4.69, 9.17) is 4.74 Å². The number of rotatable bonds is 6. The van der Waals surface area contributed by atoms with Crippen molar-refractivity contribution in [2.45, 2.75) is 38.3 Å². The third-order valence-corrected chi connectivity index (χ3v) is 4.14. The topological polar surface area (TPSA) is 49.8 Å². The second-order valence-corrected chi connectivity index (χ2v) is 5.87. The van der Waals surface area contributed by atoms with Crippen LogP contribution in [0, 0.1) is 5.92 Å². The van der Waals surface area contributed by atoms with Gasteiger partial charge in [0.2, 0.25) is 0 Å². The molecule has 1 aliphatic heterocycles. The monoisotopic (exact) mass is 275 g/mol. The second kappa shape index (κ2) is 5.83. The predicted octanol–water partition coefficient (Wildman–Crippen LogP) is 2.52. The standard InChI is InChI=1S/C16H21NO3/c18-16(19)15-2-1-9-17(15)10-12-5-7-14(8-6-12)20-11-13-3-4-13/h5-8,13,15H,1-4,9-11H2,(H,18,19). The third-order valence-electron chi connectivity index (χ3n) is 4.14. The van der Waals surface area contributed by atoms with E-state index in [9.17, 15) is 9.90 Å². The first-order valence-corrected chi connectivity index (χ1v) is 7.41. The Labute approximate surface area is 119 Å². The summed E-state index contributed by atoms with van der Waals surface area (Å²) in [7, 11) is 0. The van der Waals surface area contributed by atoms with Gasteiger partial charge in [0.1, 0.15) is 11.8 Å². The van der Waals surface area contributed by atoms with Crippen LogP contribution in [0.4, 0.5) is 0 Å². The van der Waals surface area contributed by atoms with Gasteiger partial charge in [-0.1, -0.05) is 12.1 Å². The zero-order chi connectivity index (χ0) is 13.9. The molecule has 20 heavy (non-hydrogen) atoms. The lowest BCUT2D eigenvalue weighted by Gasteiger charge is -2.21. The fraction of sp³-hybridized carbons (Fsp3) is 0.562. The summed E-state index contributed by atoms with van der Waals surface area (Å²) in [5, 5.41) is 9.17. The zero-order valence-corrected chi connectivity index (χ0v) is 11.6. The Morgan fingerprint density at radius 2 is 2.00 bits per heavy atom. The van der Waals surface area contributed by atoms with Crippen LogP contribution >= 0.6 is 0 Å². The molecule has 0 bridgehead atoms. The van der Waals surface area contributed by atoms with Crippen LogP contribution in [0.1, 0.15) is 31.2 Å². The Kier molecular flexibility index (Phi) is 3.92. The van der Waals surface area contributed by atoms with Crippen molar-refractivity contribution in [3.05, 3.63) is 29.8 Å². The molecular weight excluding hydrogens is 254 g/mol. The predicted molar refractivity (Wildman–Crippen MR) is 75.7 cm³/mol. The lowest BCUT2D eigenvalue weighted by Crippen LogP contribution is -2.35. The number of benzene rings is 1. The summed E-state index contributed by atoms with van der Waals surface area (Å²) in [6, 6.07) is 7.74. The van der Waals surface area contributed by atoms with Crippen LogP contribution in [0.15, 0.2) is 24.3 Å². The number of hydrogen-bond acceptors (Lipinski definition) is 3. The van der Waals surface area contributed by atoms with E-state index in [0.29, 0.717) is 6.54 Å². The first-order valence-electron chi connectivity index (χ1n) is 7.41. The zero-order valence-electron chi connectivity index (χ0n) is 11.6. The first-order chi connectivity index (χ1) is 9.72. The SMILES string of the molecule is O=C(O)C1CCCN1Cc1ccc(OCC2CC2)cc1. The van der Waals surface area contributed by atoms with E-state index in [1.54, 1.807) is 0 Å². The highest BCUT2D eigenvalue weighted by molar-refractivity contribution is 5.73. The average molecular weight is 275 g/mol. The van der Waals surface area contributed by atoms with E-state index in [1.165, 1.54) is 12.8 Å². The maximum atomic E-state index is 11.1. The minimum absolute atomic E-state index is 0.319. The molecule has 4 nitrogen and oxygen atoms in total. The lowest BCUT2D eigenvalue weighted by atomic mass is 10.2. The summed E-state index contributed by atoms with van der Waals surface area (Å²) in [5.41, 5.74) is 1.15. The minimum Gasteiger partial charge on any atom is -0.493 e. The quantitative estimate of drug-likeness (QED) is 0.866. The van der Waals surface area contributed by atoms with Crippen molar-refractivity contribution < 1.29 is 14.6 Å². The Morgan fingerprint density at radius 3 is 2.65 bits per heavy atom. The van der Waals surface area contributed by atoms with E-state index in [1.807, 2.05) is 29.2 Å². The number of carboxylic acids is 1. The van der Waals surface area contributed by atoms with E-state index < -0.39 is 5.97 Å². The van der Waals surface area contributed by atoms with Crippen LogP contribution in [-0.2, 0) is 11.3 Å². The van der Waals surface area contributed by atoms with Crippen LogP contribution < -0.4 is 4.74 Å². The molecule has 2 aliphatic rings. The Hall–Kier alpha value is -1.55. The summed E-state index contributed by atoms with van der Waals surface area (Å²) < 4.78 is 5.71. The molecule has 2 fully saturated rings. The molecule has 0 amide bonds. The number of aliphatic carboxylic acids is 1. The van der Waals surface area contributed by atoms with Crippen molar-refractivity contribution >= 4 is 5.97 Å². The molecule has 0 spiro atoms. The van der Waals surface area contributed by atoms with Crippen LogP contribution in [0.25, 0.3) is 0 Å². The molecule has 1 aromatic rings. The fourth-order valence-electron chi connectivity index (χ4n) is 2.72. The van der Waals surface area contributed by atoms with Gasteiger partial charge in [0.15, 0.2) is 0 Å². The fourth-order valence-corrected chi connectivity index (χ4v) is 2.72. The molecule has 4 heteroatoms. The maximum absolute atomic E-state index is 11.1. The second-order valence-electron chi connectivity index (χ2n) is 5.87. The van der Waals surface area contributed by atoms with Crippen molar-refractivity contribution in [1.29, 1.82) is 0 Å². The molecule has 1 saturated carbocycles. The van der Waals surface area contributed by atoms with E-state index in [2.05, 4.69) is 0 Å². The van der Waals surface area contributed by atoms with Gasteiger partial charge in [-0.3, -0.25) is 9.69 Å². The minimum atomic E-state index is -0.702. The Morgan fingerprint density at radius 1 is 1.25 bits per heavy atom. The summed E-state index contributed by atoms with van der Waals surface area (Å²) >= 11 is 0. The molecule has 108 valence electrons. The summed E-state index contributed by atoms with van der Waals surface area (Å²) in [5.74, 6) is 0.972. The third kappa shape index (κ3) is 3.31. The van der Waals surface area contributed by atoms with Crippen LogP contribution in [0.5, 0.6) is 5.75 Å². The molecule has 1 saturated heterocycles. The van der Waals surface area contributed by atoms with Gasteiger partial charge in [-0.25, -0.2) is 0 Å². The van der Waals surface area contributed by atoms with Crippen molar-refractivity contribution in [1.82, 2.24) is 4.90 Å². The van der Waals surface area contributed by atoms with Gasteiger partial charge >= 0.3 is 5.97 Å². The molecule has 1 unspecified atom stereocenters. The highest BCUT2D eigenvalue weighted by atomic mass is 16.5. The molecule has 0 aromatic heterocycles. The average Bonchev–Trinajstić information content (AvgIpc) is 3.16. The smallest absolute Gasteiger partial charge is 0.320 e. The van der Waals surface area contributed by atoms with Gasteiger partial charge in [-0.2, -0.15) is 0 Å². The molecule has 1 heterocycles. The highest BCUT2D eigenvalue weighted by Gasteiger charge is 2.30. The number of hydrogen-bond donors (Lipinski definition) is 1. The molecule has 1 atom stereocenters. The number of carbonyl (C=O) groups is 1. The summed E-state index contributed by atoms with van der Waals surface area (Å²) in [6.45, 7) is 2.41. The number of ether oxygens (including phenoxy) is 1. The molecular formula is C16H21NO3. The van der Waals surface area contributed by atoms with Gasteiger partial charge in [0, 0.05) is 6.54 Å². The Bertz CT molecular complexity index is 467. The van der Waals surface area contributed by atoms with Crippen molar-refractivity contribution in [3.8, 4) is 5.75 Å². The van der Waals surface area contributed by atoms with Gasteiger partial charge in [-0.15, -0.1) is 0 Å². The number of nitrogens with zero attached hydrogens (tertiary/aromatic N) is 1. The number of likely N-dealkylation sites (tertiary alicyclic amines) is 1. The van der Waals surface area contributed by atoms with Gasteiger partial charge in [0.05, 0.1) is 6.61 Å². The highest BCUT2D eigenvalue weighted by Crippen LogP contribution is 2.29. The largest absolute Gasteiger partial charge is 0.493 e. The first kappa shape index (κ1) is 13.4. The normalized spacial score (nSPS) is 22.9. The lowest BCUT2D eigenvalue weighted by molar-refractivity contribution is -0.142. The molecule has 3 rings (SSSR count). The van der Waals surface area contributed by atoms with Crippen LogP contribution in [0.3, 0.4) is 0 Å². The summed E-state index contributed by atoms with van der Waals surface area (Å²) in [6.07, 6.45) is 4.32. The van der Waals surface area contributed by atoms with E-state index in [0.717, 1.165) is 43.2 Å². The van der Waals surface area contributed by atoms with Crippen molar-refractivity contribution in [3.63, 3.8) is 0 Å². The van der Waals surface area contributed by atoms with Gasteiger partial charge in [0.25, 0.3) is 0 Å². The summed E-state index contributed by atoms with van der Waals surface area (Å²) in [4.78, 5) is 13.2. The van der Waals surface area contributed by atoms with Gasteiger partial charge in [-0.05, 0) is 55.8 Å². The van der Waals surface area contributed by atoms with Gasteiger partial charge < -0.3 is 9.84 Å².